The molecule has 0 saturated heterocycles. The van der Waals surface area contributed by atoms with E-state index in [2.05, 4.69) is 0 Å². The van der Waals surface area contributed by atoms with Crippen LogP contribution in [0.4, 0.5) is 0 Å². The molecular weight excluding hydrogens is 264 g/mol. The van der Waals surface area contributed by atoms with Crippen LogP contribution in [0, 0.1) is 0 Å². The molecule has 0 radical (unpaired) electrons. The van der Waals surface area contributed by atoms with E-state index >= 15 is 0 Å². The molecule has 0 spiro atoms. The molecule has 21 heavy (non-hydrogen) atoms. The Morgan fingerprint density at radius 3 is 2.38 bits per heavy atom. The van der Waals surface area contributed by atoms with Gasteiger partial charge in [-0.05, 0) is 23.3 Å². The topological polar surface area (TPSA) is 66.6 Å². The van der Waals surface area contributed by atoms with Gasteiger partial charge in [0, 0.05) is 26.1 Å². The first-order valence-corrected chi connectivity index (χ1v) is 6.88. The molecule has 2 aromatic carbocycles. The number of hydrogen-bond donors (Lipinski definition) is 2. The van der Waals surface area contributed by atoms with Crippen molar-refractivity contribution in [1.82, 2.24) is 4.90 Å². The van der Waals surface area contributed by atoms with Crippen LogP contribution in [0.2, 0.25) is 0 Å². The van der Waals surface area contributed by atoms with E-state index in [-0.39, 0.29) is 24.1 Å². The summed E-state index contributed by atoms with van der Waals surface area (Å²) in [4.78, 5) is 13.8. The van der Waals surface area contributed by atoms with Gasteiger partial charge < -0.3 is 15.7 Å². The lowest BCUT2D eigenvalue weighted by Crippen LogP contribution is -2.29. The number of hydrogen-bond acceptors (Lipinski definition) is 3. The number of carbonyl (C=O) groups is 1. The predicted octanol–water partition coefficient (Wildman–Crippen LogP) is 2.44. The molecule has 4 heteroatoms. The first kappa shape index (κ1) is 15.1. The molecular formula is C17H20N2O2. The van der Waals surface area contributed by atoms with Gasteiger partial charge in [-0.3, -0.25) is 4.79 Å². The first-order chi connectivity index (χ1) is 10.1. The maximum Gasteiger partial charge on any atom is 0.224 e. The van der Waals surface area contributed by atoms with Crippen LogP contribution < -0.4 is 5.73 Å². The number of phenols is 1. The third-order valence-corrected chi connectivity index (χ3v) is 3.40. The molecule has 0 fully saturated rings. The number of phenolic OH excluding ortho intramolecular Hbond substituents is 1. The van der Waals surface area contributed by atoms with Gasteiger partial charge in [-0.15, -0.1) is 0 Å². The second-order valence-electron chi connectivity index (χ2n) is 5.14. The summed E-state index contributed by atoms with van der Waals surface area (Å²) in [5, 5.41) is 9.25. The average Bonchev–Trinajstić information content (AvgIpc) is 2.50. The highest BCUT2D eigenvalue weighted by atomic mass is 16.3. The summed E-state index contributed by atoms with van der Waals surface area (Å²) in [6.07, 6.45) is 0.276. The van der Waals surface area contributed by atoms with Gasteiger partial charge in [-0.1, -0.05) is 42.5 Å². The second kappa shape index (κ2) is 6.90. The number of nitrogens with two attached hydrogens (primary N) is 1. The smallest absolute Gasteiger partial charge is 0.224 e. The lowest BCUT2D eigenvalue weighted by molar-refractivity contribution is -0.130. The Balaban J connectivity index is 1.92. The van der Waals surface area contributed by atoms with Crippen molar-refractivity contribution >= 4 is 5.91 Å². The molecule has 0 aromatic heterocycles. The fourth-order valence-corrected chi connectivity index (χ4v) is 2.13. The van der Waals surface area contributed by atoms with Crippen LogP contribution in [-0.2, 0) is 11.3 Å². The lowest BCUT2D eigenvalue weighted by atomic mass is 10.0. The predicted molar refractivity (Wildman–Crippen MR) is 82.6 cm³/mol. The highest BCUT2D eigenvalue weighted by Gasteiger charge is 2.15. The number of rotatable bonds is 5. The molecule has 0 heterocycles. The maximum atomic E-state index is 12.2. The SMILES string of the molecule is CN(Cc1ccc(O)cc1)C(=O)CC(N)c1ccccc1. The third kappa shape index (κ3) is 4.33. The maximum absolute atomic E-state index is 12.2. The van der Waals surface area contributed by atoms with Gasteiger partial charge in [0.05, 0.1) is 0 Å². The first-order valence-electron chi connectivity index (χ1n) is 6.88. The lowest BCUT2D eigenvalue weighted by Gasteiger charge is -2.20. The van der Waals surface area contributed by atoms with Crippen molar-refractivity contribution in [2.24, 2.45) is 5.73 Å². The summed E-state index contributed by atoms with van der Waals surface area (Å²) in [6.45, 7) is 0.501. The van der Waals surface area contributed by atoms with Crippen molar-refractivity contribution in [1.29, 1.82) is 0 Å². The van der Waals surface area contributed by atoms with E-state index in [1.165, 1.54) is 0 Å². The van der Waals surface area contributed by atoms with E-state index in [9.17, 15) is 9.90 Å². The van der Waals surface area contributed by atoms with Gasteiger partial charge in [0.2, 0.25) is 5.91 Å². The minimum Gasteiger partial charge on any atom is -0.508 e. The minimum atomic E-state index is -0.291. The van der Waals surface area contributed by atoms with Gasteiger partial charge in [-0.25, -0.2) is 0 Å². The minimum absolute atomic E-state index is 0.000530. The zero-order chi connectivity index (χ0) is 15.2. The standard InChI is InChI=1S/C17H20N2O2/c1-19(12-13-7-9-15(20)10-8-13)17(21)11-16(18)14-5-3-2-4-6-14/h2-10,16,20H,11-12,18H2,1H3. The fraction of sp³-hybridized carbons (Fsp3) is 0.235. The van der Waals surface area contributed by atoms with E-state index < -0.39 is 0 Å². The molecule has 4 nitrogen and oxygen atoms in total. The van der Waals surface area contributed by atoms with E-state index in [0.29, 0.717) is 6.54 Å². The van der Waals surface area contributed by atoms with Crippen molar-refractivity contribution in [3.05, 3.63) is 65.7 Å². The van der Waals surface area contributed by atoms with E-state index in [0.717, 1.165) is 11.1 Å². The molecule has 3 N–H and O–H groups in total. The Labute approximate surface area is 124 Å². The number of nitrogens with zero attached hydrogens (tertiary/aromatic N) is 1. The monoisotopic (exact) mass is 284 g/mol. The largest absolute Gasteiger partial charge is 0.508 e. The van der Waals surface area contributed by atoms with Crippen molar-refractivity contribution in [3.8, 4) is 5.75 Å². The fourth-order valence-electron chi connectivity index (χ4n) is 2.13. The molecule has 0 saturated carbocycles. The highest BCUT2D eigenvalue weighted by Crippen LogP contribution is 2.16. The van der Waals surface area contributed by atoms with Crippen molar-refractivity contribution in [3.63, 3.8) is 0 Å². The number of benzene rings is 2. The van der Waals surface area contributed by atoms with Gasteiger partial charge in [0.1, 0.15) is 5.75 Å². The van der Waals surface area contributed by atoms with E-state index in [1.807, 2.05) is 30.3 Å². The van der Waals surface area contributed by atoms with E-state index in [4.69, 9.17) is 5.73 Å². The summed E-state index contributed by atoms with van der Waals surface area (Å²) in [5.41, 5.74) is 8.00. The van der Waals surface area contributed by atoms with Crippen LogP contribution in [0.1, 0.15) is 23.6 Å². The molecule has 1 atom stereocenters. The van der Waals surface area contributed by atoms with Crippen LogP contribution in [0.3, 0.4) is 0 Å². The second-order valence-corrected chi connectivity index (χ2v) is 5.14. The van der Waals surface area contributed by atoms with E-state index in [1.54, 1.807) is 36.2 Å². The van der Waals surface area contributed by atoms with Crippen LogP contribution in [-0.4, -0.2) is 23.0 Å². The van der Waals surface area contributed by atoms with Crippen molar-refractivity contribution in [2.75, 3.05) is 7.05 Å². The number of aromatic hydroxyl groups is 1. The van der Waals surface area contributed by atoms with Gasteiger partial charge in [0.25, 0.3) is 0 Å². The highest BCUT2D eigenvalue weighted by molar-refractivity contribution is 5.76. The van der Waals surface area contributed by atoms with Crippen molar-refractivity contribution in [2.45, 2.75) is 19.0 Å². The van der Waals surface area contributed by atoms with Gasteiger partial charge >= 0.3 is 0 Å². The molecule has 1 unspecified atom stereocenters. The summed E-state index contributed by atoms with van der Waals surface area (Å²) < 4.78 is 0. The zero-order valence-corrected chi connectivity index (χ0v) is 12.1. The molecule has 2 rings (SSSR count). The molecule has 2 aromatic rings. The molecule has 110 valence electrons. The van der Waals surface area contributed by atoms with Crippen LogP contribution >= 0.6 is 0 Å². The normalized spacial score (nSPS) is 11.9. The van der Waals surface area contributed by atoms with Crippen LogP contribution in [0.15, 0.2) is 54.6 Å². The number of amides is 1. The summed E-state index contributed by atoms with van der Waals surface area (Å²) in [7, 11) is 1.76. The molecule has 0 aliphatic rings. The Morgan fingerprint density at radius 2 is 1.76 bits per heavy atom. The Kier molecular flexibility index (Phi) is 4.95. The van der Waals surface area contributed by atoms with Crippen LogP contribution in [0.5, 0.6) is 5.75 Å². The Bertz CT molecular complexity index is 581. The van der Waals surface area contributed by atoms with Gasteiger partial charge in [-0.2, -0.15) is 0 Å². The van der Waals surface area contributed by atoms with Crippen LogP contribution in [0.25, 0.3) is 0 Å². The number of carbonyl (C=O) groups excluding carboxylic acids is 1. The van der Waals surface area contributed by atoms with Crippen molar-refractivity contribution < 1.29 is 9.90 Å². The van der Waals surface area contributed by atoms with Gasteiger partial charge in [0.15, 0.2) is 0 Å². The average molecular weight is 284 g/mol. The quantitative estimate of drug-likeness (QED) is 0.886. The Hall–Kier alpha value is -2.33. The summed E-state index contributed by atoms with van der Waals surface area (Å²) >= 11 is 0. The third-order valence-electron chi connectivity index (χ3n) is 3.40. The molecule has 0 aliphatic carbocycles. The summed E-state index contributed by atoms with van der Waals surface area (Å²) in [5.74, 6) is 0.221. The molecule has 0 bridgehead atoms. The summed E-state index contributed by atoms with van der Waals surface area (Å²) in [6, 6.07) is 16.2. The Morgan fingerprint density at radius 1 is 1.14 bits per heavy atom. The molecule has 1 amide bonds. The molecule has 0 aliphatic heterocycles. The zero-order valence-electron chi connectivity index (χ0n) is 12.1.